The van der Waals surface area contributed by atoms with Crippen LogP contribution in [0.15, 0.2) is 11.6 Å². The van der Waals surface area contributed by atoms with Gasteiger partial charge in [-0.1, -0.05) is 25.5 Å². The van der Waals surface area contributed by atoms with Crippen LogP contribution in [-0.2, 0) is 4.79 Å². The first-order chi connectivity index (χ1) is 5.09. The summed E-state index contributed by atoms with van der Waals surface area (Å²) in [5.41, 5.74) is 1.69. The van der Waals surface area contributed by atoms with Gasteiger partial charge in [0.05, 0.1) is 0 Å². The molecule has 0 saturated carbocycles. The lowest BCUT2D eigenvalue weighted by Gasteiger charge is -2.28. The van der Waals surface area contributed by atoms with Crippen LogP contribution in [0.25, 0.3) is 0 Å². The third-order valence-corrected chi connectivity index (χ3v) is 3.13. The summed E-state index contributed by atoms with van der Waals surface area (Å²) in [6.45, 7) is 6.60. The van der Waals surface area contributed by atoms with E-state index in [4.69, 9.17) is 0 Å². The first-order valence-corrected chi connectivity index (χ1v) is 4.20. The highest BCUT2D eigenvalue weighted by Gasteiger charge is 2.34. The molecule has 62 valence electrons. The minimum atomic E-state index is 0.251. The van der Waals surface area contributed by atoms with Crippen LogP contribution < -0.4 is 0 Å². The van der Waals surface area contributed by atoms with E-state index in [0.717, 1.165) is 12.7 Å². The van der Waals surface area contributed by atoms with Gasteiger partial charge in [0.1, 0.15) is 6.29 Å². The van der Waals surface area contributed by atoms with Crippen molar-refractivity contribution < 1.29 is 4.79 Å². The van der Waals surface area contributed by atoms with Gasteiger partial charge in [0.25, 0.3) is 0 Å². The normalized spacial score (nSPS) is 28.3. The van der Waals surface area contributed by atoms with Crippen molar-refractivity contribution in [3.63, 3.8) is 0 Å². The van der Waals surface area contributed by atoms with Crippen molar-refractivity contribution in [2.45, 2.75) is 33.6 Å². The topological polar surface area (TPSA) is 17.1 Å². The lowest BCUT2D eigenvalue weighted by Crippen LogP contribution is -2.20. The van der Waals surface area contributed by atoms with Gasteiger partial charge in [-0.2, -0.15) is 0 Å². The lowest BCUT2D eigenvalue weighted by molar-refractivity contribution is -0.109. The maximum atomic E-state index is 10.3. The zero-order chi connectivity index (χ0) is 8.48. The smallest absolute Gasteiger partial charge is 0.120 e. The molecular weight excluding hydrogens is 136 g/mol. The lowest BCUT2D eigenvalue weighted by atomic mass is 9.76. The van der Waals surface area contributed by atoms with Gasteiger partial charge in [-0.05, 0) is 24.7 Å². The van der Waals surface area contributed by atoms with Crippen LogP contribution in [-0.4, -0.2) is 6.29 Å². The van der Waals surface area contributed by atoms with Crippen molar-refractivity contribution in [3.8, 4) is 0 Å². The van der Waals surface area contributed by atoms with Crippen LogP contribution in [0, 0.1) is 11.3 Å². The number of carbonyl (C=O) groups is 1. The van der Waals surface area contributed by atoms with Crippen molar-refractivity contribution in [3.05, 3.63) is 11.6 Å². The third-order valence-electron chi connectivity index (χ3n) is 3.13. The van der Waals surface area contributed by atoms with E-state index < -0.39 is 0 Å². The molecule has 1 aliphatic rings. The second-order valence-electron chi connectivity index (χ2n) is 3.94. The van der Waals surface area contributed by atoms with Gasteiger partial charge in [0.15, 0.2) is 0 Å². The zero-order valence-electron chi connectivity index (χ0n) is 7.55. The molecule has 0 heterocycles. The Kier molecular flexibility index (Phi) is 2.17. The fraction of sp³-hybridized carbons (Fsp3) is 0.700. The summed E-state index contributed by atoms with van der Waals surface area (Å²) < 4.78 is 0. The van der Waals surface area contributed by atoms with Gasteiger partial charge in [0, 0.05) is 6.42 Å². The summed E-state index contributed by atoms with van der Waals surface area (Å²) in [5, 5.41) is 0. The fourth-order valence-corrected chi connectivity index (χ4v) is 1.71. The average molecular weight is 152 g/mol. The van der Waals surface area contributed by atoms with Crippen molar-refractivity contribution in [2.24, 2.45) is 11.3 Å². The predicted octanol–water partition coefficient (Wildman–Crippen LogP) is 2.57. The highest BCUT2D eigenvalue weighted by atomic mass is 16.1. The summed E-state index contributed by atoms with van der Waals surface area (Å²) >= 11 is 0. The Bertz CT molecular complexity index is 189. The molecule has 0 aromatic carbocycles. The fourth-order valence-electron chi connectivity index (χ4n) is 1.71. The van der Waals surface area contributed by atoms with Crippen molar-refractivity contribution in [1.82, 2.24) is 0 Å². The number of allylic oxidation sites excluding steroid dienone is 2. The summed E-state index contributed by atoms with van der Waals surface area (Å²) in [4.78, 5) is 10.3. The molecule has 0 saturated heterocycles. The molecule has 0 aliphatic heterocycles. The van der Waals surface area contributed by atoms with Gasteiger partial charge in [-0.3, -0.25) is 0 Å². The molecule has 0 unspecified atom stereocenters. The minimum Gasteiger partial charge on any atom is -0.303 e. The molecule has 0 spiro atoms. The molecule has 11 heavy (non-hydrogen) atoms. The van der Waals surface area contributed by atoms with Gasteiger partial charge in [0.2, 0.25) is 0 Å². The van der Waals surface area contributed by atoms with Gasteiger partial charge < -0.3 is 4.79 Å². The molecular formula is C10H16O. The first kappa shape index (κ1) is 8.51. The quantitative estimate of drug-likeness (QED) is 0.439. The highest BCUT2D eigenvalue weighted by Crippen LogP contribution is 2.43. The maximum Gasteiger partial charge on any atom is 0.120 e. The molecule has 0 N–H and O–H groups in total. The molecule has 1 heteroatoms. The van der Waals surface area contributed by atoms with E-state index in [9.17, 15) is 4.79 Å². The molecule has 1 rings (SSSR count). The summed E-state index contributed by atoms with van der Waals surface area (Å²) in [6, 6.07) is 0. The summed E-state index contributed by atoms with van der Waals surface area (Å²) in [6.07, 6.45) is 5.09. The Morgan fingerprint density at radius 3 is 2.73 bits per heavy atom. The molecule has 1 nitrogen and oxygen atoms in total. The monoisotopic (exact) mass is 152 g/mol. The highest BCUT2D eigenvalue weighted by molar-refractivity contribution is 5.50. The van der Waals surface area contributed by atoms with Crippen LogP contribution in [0.5, 0.6) is 0 Å². The number of hydrogen-bond donors (Lipinski definition) is 0. The number of carbonyl (C=O) groups excluding carboxylic acids is 1. The SMILES string of the molecule is CC1=CC[C@H](CC=O)C1(C)C. The minimum absolute atomic E-state index is 0.251. The largest absolute Gasteiger partial charge is 0.303 e. The molecule has 0 radical (unpaired) electrons. The Morgan fingerprint density at radius 2 is 2.36 bits per heavy atom. The van der Waals surface area contributed by atoms with E-state index in [1.165, 1.54) is 5.57 Å². The molecule has 0 bridgehead atoms. The zero-order valence-corrected chi connectivity index (χ0v) is 7.55. The van der Waals surface area contributed by atoms with Crippen molar-refractivity contribution in [1.29, 1.82) is 0 Å². The number of aldehydes is 1. The standard InChI is InChI=1S/C10H16O/c1-8-4-5-9(6-7-11)10(8,2)3/h4,7,9H,5-6H2,1-3H3/t9-/m1/s1. The predicted molar refractivity (Wildman–Crippen MR) is 46.3 cm³/mol. The van der Waals surface area contributed by atoms with Gasteiger partial charge >= 0.3 is 0 Å². The Labute approximate surface area is 68.5 Å². The van der Waals surface area contributed by atoms with E-state index in [1.807, 2.05) is 0 Å². The molecule has 0 amide bonds. The Hall–Kier alpha value is -0.590. The van der Waals surface area contributed by atoms with Crippen LogP contribution in [0.3, 0.4) is 0 Å². The molecule has 0 aromatic heterocycles. The van der Waals surface area contributed by atoms with E-state index in [-0.39, 0.29) is 5.41 Å². The van der Waals surface area contributed by atoms with Gasteiger partial charge in [-0.15, -0.1) is 0 Å². The van der Waals surface area contributed by atoms with Crippen LogP contribution in [0.1, 0.15) is 33.6 Å². The molecule has 1 aliphatic carbocycles. The van der Waals surface area contributed by atoms with Crippen LogP contribution >= 0.6 is 0 Å². The first-order valence-electron chi connectivity index (χ1n) is 4.20. The summed E-state index contributed by atoms with van der Waals surface area (Å²) in [7, 11) is 0. The summed E-state index contributed by atoms with van der Waals surface area (Å²) in [5.74, 6) is 0.542. The molecule has 0 fully saturated rings. The molecule has 1 atom stereocenters. The van der Waals surface area contributed by atoms with Gasteiger partial charge in [-0.25, -0.2) is 0 Å². The Balaban J connectivity index is 2.69. The van der Waals surface area contributed by atoms with E-state index in [2.05, 4.69) is 26.8 Å². The van der Waals surface area contributed by atoms with Crippen molar-refractivity contribution >= 4 is 6.29 Å². The van der Waals surface area contributed by atoms with E-state index in [1.54, 1.807) is 0 Å². The maximum absolute atomic E-state index is 10.3. The van der Waals surface area contributed by atoms with Crippen molar-refractivity contribution in [2.75, 3.05) is 0 Å². The second-order valence-corrected chi connectivity index (χ2v) is 3.94. The second kappa shape index (κ2) is 2.80. The third kappa shape index (κ3) is 1.37. The van der Waals surface area contributed by atoms with Crippen LogP contribution in [0.4, 0.5) is 0 Å². The van der Waals surface area contributed by atoms with E-state index in [0.29, 0.717) is 12.3 Å². The Morgan fingerprint density at radius 1 is 1.73 bits per heavy atom. The molecule has 0 aromatic rings. The van der Waals surface area contributed by atoms with E-state index >= 15 is 0 Å². The van der Waals surface area contributed by atoms with Crippen LogP contribution in [0.2, 0.25) is 0 Å². The number of hydrogen-bond acceptors (Lipinski definition) is 1. The number of rotatable bonds is 2. The average Bonchev–Trinajstić information content (AvgIpc) is 2.16.